The molecule has 1 aliphatic carbocycles. The number of carbonyl (C=O) groups is 2. The Morgan fingerprint density at radius 3 is 2.23 bits per heavy atom. The molecule has 1 fully saturated rings. The van der Waals surface area contributed by atoms with Crippen LogP contribution in [0.2, 0.25) is 0 Å². The second kappa shape index (κ2) is 12.7. The van der Waals surface area contributed by atoms with E-state index in [9.17, 15) is 18.0 Å². The Kier molecular flexibility index (Phi) is 9.08. The van der Waals surface area contributed by atoms with Gasteiger partial charge in [-0.15, -0.1) is 0 Å². The van der Waals surface area contributed by atoms with Gasteiger partial charge in [0.15, 0.2) is 11.5 Å². The van der Waals surface area contributed by atoms with Crippen molar-refractivity contribution >= 4 is 33.2 Å². The van der Waals surface area contributed by atoms with Crippen LogP contribution in [0.25, 0.3) is 0 Å². The quantitative estimate of drug-likeness (QED) is 0.381. The third-order valence-corrected chi connectivity index (χ3v) is 8.45. The third-order valence-electron chi connectivity index (χ3n) is 6.66. The fourth-order valence-corrected chi connectivity index (χ4v) is 6.07. The van der Waals surface area contributed by atoms with Gasteiger partial charge in [0.25, 0.3) is 15.9 Å². The zero-order valence-corrected chi connectivity index (χ0v) is 22.9. The van der Waals surface area contributed by atoms with Gasteiger partial charge in [0, 0.05) is 12.1 Å². The van der Waals surface area contributed by atoms with Crippen LogP contribution in [-0.4, -0.2) is 47.0 Å². The maximum Gasteiger partial charge on any atom is 0.264 e. The first-order chi connectivity index (χ1) is 18.8. The van der Waals surface area contributed by atoms with Gasteiger partial charge in [0.2, 0.25) is 5.91 Å². The van der Waals surface area contributed by atoms with Crippen LogP contribution in [0.1, 0.15) is 42.5 Å². The lowest BCUT2D eigenvalue weighted by Crippen LogP contribution is -2.39. The van der Waals surface area contributed by atoms with E-state index < -0.39 is 22.5 Å². The van der Waals surface area contributed by atoms with Crippen LogP contribution >= 0.6 is 0 Å². The molecule has 10 heteroatoms. The van der Waals surface area contributed by atoms with Gasteiger partial charge in [-0.05, 0) is 49.2 Å². The van der Waals surface area contributed by atoms with Gasteiger partial charge >= 0.3 is 0 Å². The summed E-state index contributed by atoms with van der Waals surface area (Å²) in [7, 11) is -1.21. The smallest absolute Gasteiger partial charge is 0.264 e. The van der Waals surface area contributed by atoms with E-state index in [0.29, 0.717) is 22.7 Å². The van der Waals surface area contributed by atoms with E-state index in [-0.39, 0.29) is 22.5 Å². The van der Waals surface area contributed by atoms with Gasteiger partial charge in [0.05, 0.1) is 36.1 Å². The first-order valence-corrected chi connectivity index (χ1v) is 14.3. The molecule has 0 radical (unpaired) electrons. The van der Waals surface area contributed by atoms with Crippen LogP contribution in [-0.2, 0) is 14.8 Å². The normalized spacial score (nSPS) is 13.8. The molecule has 0 unspecified atom stereocenters. The Hall–Kier alpha value is -4.05. The average Bonchev–Trinajstić information content (AvgIpc) is 2.96. The molecule has 1 aliphatic rings. The summed E-state index contributed by atoms with van der Waals surface area (Å²) in [5.41, 5.74) is 0.843. The molecule has 0 bridgehead atoms. The lowest BCUT2D eigenvalue weighted by molar-refractivity contribution is -0.114. The van der Waals surface area contributed by atoms with E-state index in [1.165, 1.54) is 38.8 Å². The number of nitrogens with zero attached hydrogens (tertiary/aromatic N) is 1. The number of nitrogens with one attached hydrogen (secondary N) is 2. The SMILES string of the molecule is COc1ccc(N(CC(=O)Nc2ccccc2C(=O)NC2CCCCC2)S(=O)(=O)c2ccccc2)cc1OC. The molecule has 0 aliphatic heterocycles. The Morgan fingerprint density at radius 2 is 1.54 bits per heavy atom. The Labute approximate surface area is 229 Å². The highest BCUT2D eigenvalue weighted by atomic mass is 32.2. The zero-order valence-electron chi connectivity index (χ0n) is 22.1. The van der Waals surface area contributed by atoms with Crippen LogP contribution in [0.4, 0.5) is 11.4 Å². The lowest BCUT2D eigenvalue weighted by Gasteiger charge is -2.25. The predicted octanol–water partition coefficient (Wildman–Crippen LogP) is 4.60. The van der Waals surface area contributed by atoms with Gasteiger partial charge in [-0.3, -0.25) is 13.9 Å². The van der Waals surface area contributed by atoms with Crippen molar-refractivity contribution in [3.63, 3.8) is 0 Å². The van der Waals surface area contributed by atoms with E-state index in [1.54, 1.807) is 54.6 Å². The summed E-state index contributed by atoms with van der Waals surface area (Å²) in [5.74, 6) is -0.150. The second-order valence-electron chi connectivity index (χ2n) is 9.27. The van der Waals surface area contributed by atoms with E-state index >= 15 is 0 Å². The molecular weight excluding hydrogens is 518 g/mol. The molecule has 3 aromatic carbocycles. The molecule has 4 rings (SSSR count). The minimum Gasteiger partial charge on any atom is -0.493 e. The van der Waals surface area contributed by atoms with Crippen molar-refractivity contribution in [2.24, 2.45) is 0 Å². The average molecular weight is 552 g/mol. The van der Waals surface area contributed by atoms with Crippen molar-refractivity contribution in [2.75, 3.05) is 30.4 Å². The van der Waals surface area contributed by atoms with Gasteiger partial charge in [-0.2, -0.15) is 0 Å². The molecule has 206 valence electrons. The molecular formula is C29H33N3O6S. The summed E-state index contributed by atoms with van der Waals surface area (Å²) < 4.78 is 39.0. The number of carbonyl (C=O) groups excluding carboxylic acids is 2. The first kappa shape index (κ1) is 28.0. The van der Waals surface area contributed by atoms with Crippen molar-refractivity contribution in [3.8, 4) is 11.5 Å². The van der Waals surface area contributed by atoms with Gasteiger partial charge in [-0.1, -0.05) is 49.6 Å². The molecule has 39 heavy (non-hydrogen) atoms. The highest BCUT2D eigenvalue weighted by molar-refractivity contribution is 7.92. The number of benzene rings is 3. The number of methoxy groups -OCH3 is 2. The fourth-order valence-electron chi connectivity index (χ4n) is 4.64. The maximum atomic E-state index is 13.7. The Balaban J connectivity index is 1.61. The summed E-state index contributed by atoms with van der Waals surface area (Å²) in [6, 6.07) is 19.3. The zero-order chi connectivity index (χ0) is 27.8. The molecule has 0 spiro atoms. The van der Waals surface area contributed by atoms with E-state index in [2.05, 4.69) is 10.6 Å². The van der Waals surface area contributed by atoms with Crippen molar-refractivity contribution in [3.05, 3.63) is 78.4 Å². The van der Waals surface area contributed by atoms with Crippen molar-refractivity contribution in [2.45, 2.75) is 43.0 Å². The Morgan fingerprint density at radius 1 is 0.872 bits per heavy atom. The molecule has 3 aromatic rings. The standard InChI is InChI=1S/C29H33N3O6S/c1-37-26-18-17-22(19-27(26)38-2)32(39(35,36)23-13-7-4-8-14-23)20-28(33)31-25-16-10-9-15-24(25)29(34)30-21-11-5-3-6-12-21/h4,7-10,13-19,21H,3,5-6,11-12,20H2,1-2H3,(H,30,34)(H,31,33). The predicted molar refractivity (Wildman–Crippen MR) is 150 cm³/mol. The topological polar surface area (TPSA) is 114 Å². The number of para-hydroxylation sites is 1. The minimum atomic E-state index is -4.13. The third kappa shape index (κ3) is 6.69. The van der Waals surface area contributed by atoms with Crippen LogP contribution in [0.3, 0.4) is 0 Å². The summed E-state index contributed by atoms with van der Waals surface area (Å²) >= 11 is 0. The van der Waals surface area contributed by atoms with Crippen LogP contribution < -0.4 is 24.4 Å². The lowest BCUT2D eigenvalue weighted by atomic mass is 9.95. The summed E-state index contributed by atoms with van der Waals surface area (Å²) in [6.07, 6.45) is 5.17. The second-order valence-corrected chi connectivity index (χ2v) is 11.1. The highest BCUT2D eigenvalue weighted by Gasteiger charge is 2.28. The number of sulfonamides is 1. The van der Waals surface area contributed by atoms with Gasteiger partial charge in [-0.25, -0.2) is 8.42 Å². The fraction of sp³-hybridized carbons (Fsp3) is 0.310. The molecule has 9 nitrogen and oxygen atoms in total. The number of hydrogen-bond acceptors (Lipinski definition) is 6. The van der Waals surface area contributed by atoms with Gasteiger partial charge < -0.3 is 20.1 Å². The monoisotopic (exact) mass is 551 g/mol. The molecule has 1 saturated carbocycles. The van der Waals surface area contributed by atoms with Crippen LogP contribution in [0, 0.1) is 0 Å². The molecule has 2 amide bonds. The number of amides is 2. The molecule has 2 N–H and O–H groups in total. The molecule has 0 aromatic heterocycles. The number of ether oxygens (including phenoxy) is 2. The molecule has 0 atom stereocenters. The van der Waals surface area contributed by atoms with E-state index in [0.717, 1.165) is 30.0 Å². The minimum absolute atomic E-state index is 0.0276. The summed E-state index contributed by atoms with van der Waals surface area (Å²) in [6.45, 7) is -0.536. The first-order valence-electron chi connectivity index (χ1n) is 12.8. The molecule has 0 heterocycles. The highest BCUT2D eigenvalue weighted by Crippen LogP contribution is 2.34. The number of rotatable bonds is 10. The van der Waals surface area contributed by atoms with E-state index in [4.69, 9.17) is 9.47 Å². The van der Waals surface area contributed by atoms with Crippen LogP contribution in [0.15, 0.2) is 77.7 Å². The maximum absolute atomic E-state index is 13.7. The van der Waals surface area contributed by atoms with Gasteiger partial charge in [0.1, 0.15) is 6.54 Å². The summed E-state index contributed by atoms with van der Waals surface area (Å²) in [5, 5.41) is 5.80. The van der Waals surface area contributed by atoms with Crippen molar-refractivity contribution < 1.29 is 27.5 Å². The van der Waals surface area contributed by atoms with Crippen molar-refractivity contribution in [1.29, 1.82) is 0 Å². The Bertz CT molecular complexity index is 1410. The number of anilines is 2. The van der Waals surface area contributed by atoms with Crippen LogP contribution in [0.5, 0.6) is 11.5 Å². The van der Waals surface area contributed by atoms with Crippen molar-refractivity contribution in [1.82, 2.24) is 5.32 Å². The molecule has 0 saturated heterocycles. The largest absolute Gasteiger partial charge is 0.493 e. The number of hydrogen-bond donors (Lipinski definition) is 2. The van der Waals surface area contributed by atoms with E-state index in [1.807, 2.05) is 0 Å². The summed E-state index contributed by atoms with van der Waals surface area (Å²) in [4.78, 5) is 26.4.